The van der Waals surface area contributed by atoms with Crippen LogP contribution in [0, 0.1) is 11.8 Å². The summed E-state index contributed by atoms with van der Waals surface area (Å²) in [6.07, 6.45) is 4.92. The van der Waals surface area contributed by atoms with E-state index in [1.54, 1.807) is 6.92 Å². The van der Waals surface area contributed by atoms with Crippen molar-refractivity contribution in [3.8, 4) is 0 Å². The Morgan fingerprint density at radius 1 is 0.933 bits per heavy atom. The van der Waals surface area contributed by atoms with Gasteiger partial charge in [-0.2, -0.15) is 0 Å². The van der Waals surface area contributed by atoms with Crippen LogP contribution in [0.2, 0.25) is 0 Å². The number of hydrogen-bond donors (Lipinski definition) is 6. The molecule has 5 atom stereocenters. The van der Waals surface area contributed by atoms with Crippen LogP contribution < -0.4 is 26.6 Å². The Hall–Kier alpha value is -3.22. The number of ether oxygens (including phenoxy) is 1. The van der Waals surface area contributed by atoms with Crippen LogP contribution in [0.3, 0.4) is 0 Å². The minimum absolute atomic E-state index is 0.114. The van der Waals surface area contributed by atoms with Crippen LogP contribution >= 0.6 is 0 Å². The molecular weight excluding hydrogens is 576 g/mol. The van der Waals surface area contributed by atoms with Crippen molar-refractivity contribution in [1.29, 1.82) is 0 Å². The van der Waals surface area contributed by atoms with Gasteiger partial charge in [-0.15, -0.1) is 0 Å². The van der Waals surface area contributed by atoms with Crippen molar-refractivity contribution in [1.82, 2.24) is 26.2 Å². The summed E-state index contributed by atoms with van der Waals surface area (Å²) < 4.78 is 5.56. The van der Waals surface area contributed by atoms with Gasteiger partial charge < -0.3 is 36.4 Å². The Bertz CT molecular complexity index is 1100. The first-order valence-electron chi connectivity index (χ1n) is 16.7. The van der Waals surface area contributed by atoms with E-state index in [0.29, 0.717) is 50.5 Å². The molecule has 0 bridgehead atoms. The Morgan fingerprint density at radius 2 is 1.69 bits per heavy atom. The van der Waals surface area contributed by atoms with Gasteiger partial charge >= 0.3 is 6.03 Å². The van der Waals surface area contributed by atoms with Crippen LogP contribution in [-0.2, 0) is 19.1 Å². The van der Waals surface area contributed by atoms with Crippen molar-refractivity contribution >= 4 is 29.4 Å². The number of urea groups is 1. The number of rotatable bonds is 7. The number of hydrogen-bond acceptors (Lipinski definition) is 7. The Kier molecular flexibility index (Phi) is 13.9. The van der Waals surface area contributed by atoms with Crippen molar-refractivity contribution in [2.45, 2.75) is 95.4 Å². The average Bonchev–Trinajstić information content (AvgIpc) is 3.01. The van der Waals surface area contributed by atoms with Crippen LogP contribution in [0.1, 0.15) is 71.1 Å². The number of para-hydroxylation sites is 1. The fourth-order valence-electron chi connectivity index (χ4n) is 6.72. The second-order valence-corrected chi connectivity index (χ2v) is 12.8. The first kappa shape index (κ1) is 34.6. The monoisotopic (exact) mass is 628 g/mol. The Balaban J connectivity index is 1.31. The number of carbonyl (C=O) groups is 4. The fourth-order valence-corrected chi connectivity index (χ4v) is 6.72. The van der Waals surface area contributed by atoms with E-state index < -0.39 is 18.2 Å². The van der Waals surface area contributed by atoms with Gasteiger partial charge in [-0.05, 0) is 82.4 Å². The van der Waals surface area contributed by atoms with Crippen LogP contribution in [0.25, 0.3) is 0 Å². The lowest BCUT2D eigenvalue weighted by molar-refractivity contribution is -0.128. The fraction of sp³-hybridized carbons (Fsp3) is 0.697. The third-order valence-corrected chi connectivity index (χ3v) is 9.37. The van der Waals surface area contributed by atoms with Gasteiger partial charge in [-0.3, -0.25) is 19.3 Å². The number of unbranched alkanes of at least 4 members (excludes halogenated alkanes) is 1. The molecule has 1 aromatic rings. The molecule has 0 radical (unpaired) electrons. The number of aliphatic hydroxyl groups is 1. The maximum absolute atomic E-state index is 13.0. The van der Waals surface area contributed by atoms with E-state index in [1.807, 2.05) is 30.3 Å². The summed E-state index contributed by atoms with van der Waals surface area (Å²) in [5.41, 5.74) is 0.710. The lowest BCUT2D eigenvalue weighted by Crippen LogP contribution is -2.50. The molecule has 3 aliphatic rings. The molecule has 3 fully saturated rings. The molecule has 12 nitrogen and oxygen atoms in total. The molecule has 4 rings (SSSR count). The standard InChI is InChI=1S/C33H52N6O6/c1-23-29(40)21-32(43)37-27(9-5-6-14-35-33(44)38-26-7-3-2-4-8-26)20-30(41)34-15-10-25-22-39(28-12-17-45-18-13-28)16-11-24(25)19-31(42)36-23/h2-4,7-8,23-25,27-29,40H,5-6,9-22H2,1H3,(H,34,41)(H,36,42)(H,37,43)(H2,35,38,44)/t23-,24-,25-,27-,29-/m0/s1. The van der Waals surface area contributed by atoms with E-state index in [1.165, 1.54) is 0 Å². The smallest absolute Gasteiger partial charge is 0.319 e. The summed E-state index contributed by atoms with van der Waals surface area (Å²) in [5, 5.41) is 25.2. The lowest BCUT2D eigenvalue weighted by Gasteiger charge is -2.43. The molecule has 0 unspecified atom stereocenters. The van der Waals surface area contributed by atoms with Gasteiger partial charge in [0.25, 0.3) is 0 Å². The van der Waals surface area contributed by atoms with Gasteiger partial charge in [0.05, 0.1) is 18.6 Å². The van der Waals surface area contributed by atoms with E-state index in [-0.39, 0.29) is 48.4 Å². The van der Waals surface area contributed by atoms with Gasteiger partial charge in [0.15, 0.2) is 0 Å². The summed E-state index contributed by atoms with van der Waals surface area (Å²) in [6.45, 7) is 6.09. The van der Waals surface area contributed by atoms with Crippen LogP contribution in [0.4, 0.5) is 10.5 Å². The van der Waals surface area contributed by atoms with Crippen molar-refractivity contribution in [2.24, 2.45) is 11.8 Å². The van der Waals surface area contributed by atoms with E-state index in [0.717, 1.165) is 52.0 Å². The highest BCUT2D eigenvalue weighted by atomic mass is 16.5. The molecule has 0 saturated carbocycles. The highest BCUT2D eigenvalue weighted by Crippen LogP contribution is 2.32. The zero-order chi connectivity index (χ0) is 32.0. The van der Waals surface area contributed by atoms with Crippen molar-refractivity contribution < 1.29 is 29.0 Å². The van der Waals surface area contributed by atoms with Crippen LogP contribution in [0.15, 0.2) is 30.3 Å². The molecule has 3 aliphatic heterocycles. The molecule has 5 amide bonds. The highest BCUT2D eigenvalue weighted by molar-refractivity contribution is 5.89. The second-order valence-electron chi connectivity index (χ2n) is 12.8. The molecule has 3 heterocycles. The molecular formula is C33H52N6O6. The quantitative estimate of drug-likeness (QED) is 0.252. The number of piperidine rings is 1. The van der Waals surface area contributed by atoms with Crippen LogP contribution in [-0.4, -0.2) is 97.4 Å². The first-order valence-corrected chi connectivity index (χ1v) is 16.7. The number of aliphatic hydroxyl groups excluding tert-OH is 1. The van der Waals surface area contributed by atoms with Gasteiger partial charge in [-0.25, -0.2) is 4.79 Å². The van der Waals surface area contributed by atoms with Crippen molar-refractivity contribution in [3.05, 3.63) is 30.3 Å². The summed E-state index contributed by atoms with van der Waals surface area (Å²) in [4.78, 5) is 53.6. The summed E-state index contributed by atoms with van der Waals surface area (Å²) in [5.74, 6) is -0.156. The lowest BCUT2D eigenvalue weighted by atomic mass is 9.80. The largest absolute Gasteiger partial charge is 0.390 e. The second kappa shape index (κ2) is 18.1. The molecule has 0 spiro atoms. The SMILES string of the molecule is C[C@@H]1NC(=O)C[C@@H]2CCN(C3CCOCC3)C[C@@H]2CCNC(=O)C[C@H](CCCCNC(=O)Nc2ccccc2)NC(=O)C[C@@H]1O. The van der Waals surface area contributed by atoms with Gasteiger partial charge in [-0.1, -0.05) is 18.2 Å². The number of likely N-dealkylation sites (tertiary alicyclic amines) is 1. The molecule has 6 N–H and O–H groups in total. The average molecular weight is 629 g/mol. The molecule has 12 heteroatoms. The van der Waals surface area contributed by atoms with Gasteiger partial charge in [0, 0.05) is 63.5 Å². The predicted molar refractivity (Wildman–Crippen MR) is 171 cm³/mol. The Morgan fingerprint density at radius 3 is 2.47 bits per heavy atom. The maximum Gasteiger partial charge on any atom is 0.319 e. The van der Waals surface area contributed by atoms with E-state index >= 15 is 0 Å². The van der Waals surface area contributed by atoms with Crippen molar-refractivity contribution in [2.75, 3.05) is 44.7 Å². The van der Waals surface area contributed by atoms with Gasteiger partial charge in [0.2, 0.25) is 17.7 Å². The number of nitrogens with one attached hydrogen (secondary N) is 5. The van der Waals surface area contributed by atoms with E-state index in [4.69, 9.17) is 4.74 Å². The van der Waals surface area contributed by atoms with E-state index in [2.05, 4.69) is 31.5 Å². The molecule has 0 aliphatic carbocycles. The number of benzene rings is 1. The topological polar surface area (TPSA) is 161 Å². The molecule has 1 aromatic carbocycles. The maximum atomic E-state index is 13.0. The zero-order valence-corrected chi connectivity index (χ0v) is 26.6. The number of amides is 5. The molecule has 250 valence electrons. The number of nitrogens with zero attached hydrogens (tertiary/aromatic N) is 1. The number of fused-ring (bicyclic) bond motifs is 1. The Labute approximate surface area is 266 Å². The predicted octanol–water partition coefficient (Wildman–Crippen LogP) is 2.14. The first-order chi connectivity index (χ1) is 21.8. The third-order valence-electron chi connectivity index (χ3n) is 9.37. The van der Waals surface area contributed by atoms with Crippen molar-refractivity contribution in [3.63, 3.8) is 0 Å². The van der Waals surface area contributed by atoms with Gasteiger partial charge in [0.1, 0.15) is 0 Å². The number of anilines is 1. The summed E-state index contributed by atoms with van der Waals surface area (Å²) in [6, 6.07) is 8.41. The molecule has 45 heavy (non-hydrogen) atoms. The highest BCUT2D eigenvalue weighted by Gasteiger charge is 2.34. The number of carbonyl (C=O) groups excluding carboxylic acids is 4. The molecule has 3 saturated heterocycles. The minimum Gasteiger partial charge on any atom is -0.390 e. The summed E-state index contributed by atoms with van der Waals surface area (Å²) >= 11 is 0. The minimum atomic E-state index is -1.05. The van der Waals surface area contributed by atoms with E-state index in [9.17, 15) is 24.3 Å². The molecule has 0 aromatic heterocycles. The third kappa shape index (κ3) is 11.9. The summed E-state index contributed by atoms with van der Waals surface area (Å²) in [7, 11) is 0. The zero-order valence-electron chi connectivity index (χ0n) is 26.6. The normalized spacial score (nSPS) is 28.2. The van der Waals surface area contributed by atoms with Crippen LogP contribution in [0.5, 0.6) is 0 Å².